The van der Waals surface area contributed by atoms with Gasteiger partial charge >= 0.3 is 0 Å². The zero-order valence-corrected chi connectivity index (χ0v) is 12.2. The fourth-order valence-corrected chi connectivity index (χ4v) is 4.41. The highest BCUT2D eigenvalue weighted by atomic mass is 32.2. The molecule has 2 aliphatic heterocycles. The third-order valence-electron chi connectivity index (χ3n) is 4.30. The van der Waals surface area contributed by atoms with Crippen LogP contribution in [0.15, 0.2) is 17.3 Å². The number of aromatic nitrogens is 2. The number of hydrogen-bond donors (Lipinski definition) is 1. The number of hydrogen-bond acceptors (Lipinski definition) is 4. The van der Waals surface area contributed by atoms with Crippen LogP contribution in [0.4, 0.5) is 0 Å². The second kappa shape index (κ2) is 4.56. The maximum Gasteiger partial charge on any atom is 0.246 e. The highest BCUT2D eigenvalue weighted by molar-refractivity contribution is 7.89. The number of aryl methyl sites for hydroxylation is 1. The zero-order valence-electron chi connectivity index (χ0n) is 11.4. The monoisotopic (exact) mass is 298 g/mol. The van der Waals surface area contributed by atoms with Crippen molar-refractivity contribution < 1.29 is 13.2 Å². The van der Waals surface area contributed by atoms with Crippen LogP contribution in [-0.4, -0.2) is 48.0 Å². The molecule has 0 radical (unpaired) electrons. The molecular weight excluding hydrogens is 280 g/mol. The summed E-state index contributed by atoms with van der Waals surface area (Å²) in [7, 11) is -1.76. The van der Waals surface area contributed by atoms with Crippen molar-refractivity contribution in [1.29, 1.82) is 0 Å². The highest BCUT2D eigenvalue weighted by Crippen LogP contribution is 2.38. The summed E-state index contributed by atoms with van der Waals surface area (Å²) in [6, 6.07) is 0. The van der Waals surface area contributed by atoms with Crippen LogP contribution >= 0.6 is 0 Å². The summed E-state index contributed by atoms with van der Waals surface area (Å²) >= 11 is 0. The van der Waals surface area contributed by atoms with E-state index in [1.54, 1.807) is 7.05 Å². The normalized spacial score (nSPS) is 23.1. The number of carbonyl (C=O) groups excluding carboxylic acids is 1. The molecule has 3 heterocycles. The first-order valence-corrected chi connectivity index (χ1v) is 8.11. The van der Waals surface area contributed by atoms with E-state index >= 15 is 0 Å². The Labute approximate surface area is 118 Å². The molecule has 2 fully saturated rings. The third kappa shape index (κ3) is 2.22. The Hall–Kier alpha value is -1.41. The van der Waals surface area contributed by atoms with E-state index in [1.165, 1.54) is 21.4 Å². The fraction of sp³-hybridized carbons (Fsp3) is 0.667. The highest BCUT2D eigenvalue weighted by Gasteiger charge is 2.43. The van der Waals surface area contributed by atoms with E-state index in [4.69, 9.17) is 0 Å². The van der Waals surface area contributed by atoms with Gasteiger partial charge in [0.2, 0.25) is 15.9 Å². The van der Waals surface area contributed by atoms with Gasteiger partial charge in [-0.1, -0.05) is 0 Å². The SMILES string of the molecule is Cn1cc(S(=O)(=O)N2CCC3(CC2)CNC(=O)C3)cn1. The maximum atomic E-state index is 12.5. The Morgan fingerprint density at radius 3 is 2.55 bits per heavy atom. The fourth-order valence-electron chi connectivity index (χ4n) is 2.99. The summed E-state index contributed by atoms with van der Waals surface area (Å²) in [5, 5.41) is 6.76. The summed E-state index contributed by atoms with van der Waals surface area (Å²) in [6.45, 7) is 1.60. The van der Waals surface area contributed by atoms with E-state index in [0.717, 1.165) is 12.8 Å². The van der Waals surface area contributed by atoms with Crippen molar-refractivity contribution in [3.8, 4) is 0 Å². The molecule has 2 saturated heterocycles. The lowest BCUT2D eigenvalue weighted by atomic mass is 9.78. The van der Waals surface area contributed by atoms with Gasteiger partial charge in [0.25, 0.3) is 0 Å². The molecule has 0 saturated carbocycles. The molecule has 0 unspecified atom stereocenters. The van der Waals surface area contributed by atoms with Crippen molar-refractivity contribution in [2.75, 3.05) is 19.6 Å². The minimum atomic E-state index is -3.46. The first-order chi connectivity index (χ1) is 9.41. The average molecular weight is 298 g/mol. The van der Waals surface area contributed by atoms with Crippen molar-refractivity contribution in [3.63, 3.8) is 0 Å². The van der Waals surface area contributed by atoms with E-state index in [2.05, 4.69) is 10.4 Å². The van der Waals surface area contributed by atoms with Crippen LogP contribution in [0.25, 0.3) is 0 Å². The summed E-state index contributed by atoms with van der Waals surface area (Å²) in [6.07, 6.45) is 4.87. The van der Waals surface area contributed by atoms with Crippen LogP contribution in [-0.2, 0) is 21.9 Å². The van der Waals surface area contributed by atoms with E-state index in [9.17, 15) is 13.2 Å². The predicted molar refractivity (Wildman–Crippen MR) is 71.3 cm³/mol. The predicted octanol–water partition coefficient (Wildman–Crippen LogP) is -0.289. The standard InChI is InChI=1S/C12H18N4O3S/c1-15-8-10(7-14-15)20(18,19)16-4-2-12(3-5-16)6-11(17)13-9-12/h7-8H,2-6,9H2,1H3,(H,13,17). The third-order valence-corrected chi connectivity index (χ3v) is 6.15. The number of carbonyl (C=O) groups is 1. The average Bonchev–Trinajstić information content (AvgIpc) is 2.98. The number of rotatable bonds is 2. The smallest absolute Gasteiger partial charge is 0.246 e. The molecule has 1 N–H and O–H groups in total. The molecular formula is C12H18N4O3S. The Kier molecular flexibility index (Phi) is 3.09. The molecule has 2 aliphatic rings. The molecule has 1 amide bonds. The van der Waals surface area contributed by atoms with Gasteiger partial charge in [-0.2, -0.15) is 9.40 Å². The number of sulfonamides is 1. The zero-order chi connectivity index (χ0) is 14.4. The first kappa shape index (κ1) is 13.6. The van der Waals surface area contributed by atoms with Gasteiger partial charge in [-0.3, -0.25) is 9.48 Å². The van der Waals surface area contributed by atoms with Gasteiger partial charge < -0.3 is 5.32 Å². The molecule has 1 spiro atoms. The van der Waals surface area contributed by atoms with Gasteiger partial charge in [0.1, 0.15) is 4.90 Å². The van der Waals surface area contributed by atoms with Crippen molar-refractivity contribution in [2.45, 2.75) is 24.2 Å². The number of nitrogens with zero attached hydrogens (tertiary/aromatic N) is 3. The van der Waals surface area contributed by atoms with Crippen LogP contribution in [0, 0.1) is 5.41 Å². The second-order valence-electron chi connectivity index (χ2n) is 5.71. The Morgan fingerprint density at radius 1 is 1.35 bits per heavy atom. The Bertz CT molecular complexity index is 629. The second-order valence-corrected chi connectivity index (χ2v) is 7.65. The van der Waals surface area contributed by atoms with Crippen LogP contribution in [0.1, 0.15) is 19.3 Å². The number of amides is 1. The first-order valence-electron chi connectivity index (χ1n) is 6.67. The topological polar surface area (TPSA) is 84.3 Å². The van der Waals surface area contributed by atoms with Crippen LogP contribution in [0.3, 0.4) is 0 Å². The van der Waals surface area contributed by atoms with E-state index < -0.39 is 10.0 Å². The molecule has 20 heavy (non-hydrogen) atoms. The Balaban J connectivity index is 1.73. The molecule has 8 heteroatoms. The van der Waals surface area contributed by atoms with E-state index in [0.29, 0.717) is 26.1 Å². The summed E-state index contributed by atoms with van der Waals surface area (Å²) < 4.78 is 27.9. The van der Waals surface area contributed by atoms with Gasteiger partial charge in [0, 0.05) is 39.3 Å². The molecule has 1 aromatic rings. The molecule has 1 aromatic heterocycles. The maximum absolute atomic E-state index is 12.5. The quantitative estimate of drug-likeness (QED) is 0.813. The van der Waals surface area contributed by atoms with Gasteiger partial charge in [-0.05, 0) is 18.3 Å². The molecule has 3 rings (SSSR count). The number of piperidine rings is 1. The Morgan fingerprint density at radius 2 is 2.05 bits per heavy atom. The lowest BCUT2D eigenvalue weighted by Gasteiger charge is -2.37. The largest absolute Gasteiger partial charge is 0.356 e. The van der Waals surface area contributed by atoms with Gasteiger partial charge in [-0.15, -0.1) is 0 Å². The molecule has 0 aromatic carbocycles. The van der Waals surface area contributed by atoms with E-state index in [1.807, 2.05) is 0 Å². The molecule has 110 valence electrons. The van der Waals surface area contributed by atoms with Crippen LogP contribution in [0.2, 0.25) is 0 Å². The van der Waals surface area contributed by atoms with Gasteiger partial charge in [0.15, 0.2) is 0 Å². The van der Waals surface area contributed by atoms with Gasteiger partial charge in [-0.25, -0.2) is 8.42 Å². The van der Waals surface area contributed by atoms with Crippen molar-refractivity contribution in [1.82, 2.24) is 19.4 Å². The lowest BCUT2D eigenvalue weighted by Crippen LogP contribution is -2.43. The van der Waals surface area contributed by atoms with Crippen molar-refractivity contribution in [3.05, 3.63) is 12.4 Å². The summed E-state index contributed by atoms with van der Waals surface area (Å²) in [4.78, 5) is 11.6. The van der Waals surface area contributed by atoms with Crippen LogP contribution < -0.4 is 5.32 Å². The summed E-state index contributed by atoms with van der Waals surface area (Å²) in [5.41, 5.74) is -0.0436. The lowest BCUT2D eigenvalue weighted by molar-refractivity contribution is -0.119. The van der Waals surface area contributed by atoms with Crippen LogP contribution in [0.5, 0.6) is 0 Å². The minimum absolute atomic E-state index is 0.0436. The molecule has 7 nitrogen and oxygen atoms in total. The molecule has 0 bridgehead atoms. The number of nitrogens with one attached hydrogen (secondary N) is 1. The molecule has 0 atom stereocenters. The minimum Gasteiger partial charge on any atom is -0.356 e. The van der Waals surface area contributed by atoms with E-state index in [-0.39, 0.29) is 16.2 Å². The summed E-state index contributed by atoms with van der Waals surface area (Å²) in [5.74, 6) is 0.0774. The van der Waals surface area contributed by atoms with Gasteiger partial charge in [0.05, 0.1) is 6.20 Å². The van der Waals surface area contributed by atoms with Crippen molar-refractivity contribution >= 4 is 15.9 Å². The van der Waals surface area contributed by atoms with Crippen molar-refractivity contribution in [2.24, 2.45) is 12.5 Å². The molecule has 0 aliphatic carbocycles.